The molecule has 4 amide bonds. The zero-order chi connectivity index (χ0) is 28.5. The van der Waals surface area contributed by atoms with Gasteiger partial charge in [-0.3, -0.25) is 24.7 Å². The van der Waals surface area contributed by atoms with Gasteiger partial charge in [-0.1, -0.05) is 32.9 Å². The molecule has 1 aliphatic heterocycles. The van der Waals surface area contributed by atoms with Crippen LogP contribution in [0.25, 0.3) is 11.1 Å². The predicted octanol–water partition coefficient (Wildman–Crippen LogP) is 5.22. The Labute approximate surface area is 232 Å². The van der Waals surface area contributed by atoms with E-state index in [-0.39, 0.29) is 23.0 Å². The molecule has 10 heteroatoms. The first-order valence-electron chi connectivity index (χ1n) is 12.7. The first-order valence-corrected chi connectivity index (χ1v) is 13.6. The maximum Gasteiger partial charge on any atom is 0.324 e. The van der Waals surface area contributed by atoms with Crippen LogP contribution in [0.1, 0.15) is 65.9 Å². The molecule has 0 aliphatic carbocycles. The van der Waals surface area contributed by atoms with E-state index in [1.54, 1.807) is 25.3 Å². The topological polar surface area (TPSA) is 121 Å². The SMILES string of the molecule is CC(=O)c1ccc(-c2cc(NC(=O)Nc3sc(C(C)(C)C)cc3C(=O)N3CCNC(=O)C3C)ccc2C)cn1. The Balaban J connectivity index is 1.57. The Kier molecular flexibility index (Phi) is 7.87. The standard InChI is InChI=1S/C29H33N5O4S/c1-16-7-9-20(13-21(16)19-8-10-23(18(3)35)31-15-19)32-28(38)33-26-22(14-24(39-26)29(4,5)6)27(37)34-12-11-30-25(36)17(34)2/h7-10,13-15,17H,11-12H2,1-6H3,(H,30,36)(H2,32,33,38). The summed E-state index contributed by atoms with van der Waals surface area (Å²) >= 11 is 1.35. The number of aromatic nitrogens is 1. The predicted molar refractivity (Wildman–Crippen MR) is 154 cm³/mol. The monoisotopic (exact) mass is 547 g/mol. The van der Waals surface area contributed by atoms with Crippen molar-refractivity contribution < 1.29 is 19.2 Å². The average Bonchev–Trinajstić information content (AvgIpc) is 3.30. The molecule has 3 N–H and O–H groups in total. The molecule has 1 fully saturated rings. The third-order valence-electron chi connectivity index (χ3n) is 6.62. The molecule has 0 spiro atoms. The molecule has 39 heavy (non-hydrogen) atoms. The summed E-state index contributed by atoms with van der Waals surface area (Å²) in [7, 11) is 0. The van der Waals surface area contributed by atoms with Crippen molar-refractivity contribution in [3.05, 3.63) is 64.3 Å². The second-order valence-electron chi connectivity index (χ2n) is 10.7. The smallest absolute Gasteiger partial charge is 0.324 e. The zero-order valence-corrected chi connectivity index (χ0v) is 23.8. The maximum atomic E-state index is 13.5. The average molecular weight is 548 g/mol. The number of thiophene rings is 1. The Morgan fingerprint density at radius 1 is 1.10 bits per heavy atom. The van der Waals surface area contributed by atoms with Crippen molar-refractivity contribution in [1.29, 1.82) is 0 Å². The molecule has 3 heterocycles. The van der Waals surface area contributed by atoms with Crippen molar-refractivity contribution in [2.75, 3.05) is 23.7 Å². The molecule has 1 aromatic carbocycles. The van der Waals surface area contributed by atoms with Gasteiger partial charge in [-0.15, -0.1) is 11.3 Å². The highest BCUT2D eigenvalue weighted by Gasteiger charge is 2.33. The van der Waals surface area contributed by atoms with Gasteiger partial charge in [0.25, 0.3) is 5.91 Å². The fourth-order valence-electron chi connectivity index (χ4n) is 4.26. The van der Waals surface area contributed by atoms with Gasteiger partial charge in [-0.2, -0.15) is 0 Å². The summed E-state index contributed by atoms with van der Waals surface area (Å²) in [6.45, 7) is 12.0. The molecule has 1 saturated heterocycles. The molecule has 0 bridgehead atoms. The summed E-state index contributed by atoms with van der Waals surface area (Å²) < 4.78 is 0. The normalized spacial score (nSPS) is 15.5. The number of benzene rings is 1. The van der Waals surface area contributed by atoms with Crippen molar-refractivity contribution in [2.45, 2.75) is 53.0 Å². The van der Waals surface area contributed by atoms with Crippen LogP contribution in [0.3, 0.4) is 0 Å². The number of piperazine rings is 1. The first-order chi connectivity index (χ1) is 18.3. The van der Waals surface area contributed by atoms with Gasteiger partial charge in [0.1, 0.15) is 16.7 Å². The van der Waals surface area contributed by atoms with Crippen LogP contribution >= 0.6 is 11.3 Å². The van der Waals surface area contributed by atoms with E-state index in [1.807, 2.05) is 52.0 Å². The van der Waals surface area contributed by atoms with Crippen LogP contribution in [0, 0.1) is 6.92 Å². The number of anilines is 2. The summed E-state index contributed by atoms with van der Waals surface area (Å²) in [6.07, 6.45) is 1.64. The number of pyridine rings is 1. The maximum absolute atomic E-state index is 13.5. The van der Waals surface area contributed by atoms with Crippen molar-refractivity contribution in [2.24, 2.45) is 0 Å². The number of ketones is 1. The number of Topliss-reactive ketones (excluding diaryl/α,β-unsaturated/α-hetero) is 1. The minimum atomic E-state index is -0.601. The van der Waals surface area contributed by atoms with Gasteiger partial charge in [0, 0.05) is 42.3 Å². The van der Waals surface area contributed by atoms with Crippen molar-refractivity contribution >= 4 is 45.7 Å². The second-order valence-corrected chi connectivity index (χ2v) is 11.7. The van der Waals surface area contributed by atoms with E-state index in [0.29, 0.717) is 35.0 Å². The second kappa shape index (κ2) is 11.0. The molecule has 1 aliphatic rings. The molecular weight excluding hydrogens is 514 g/mol. The third kappa shape index (κ3) is 6.17. The van der Waals surface area contributed by atoms with E-state index in [1.165, 1.54) is 23.2 Å². The number of carbonyl (C=O) groups is 4. The number of carbonyl (C=O) groups excluding carboxylic acids is 4. The molecule has 1 atom stereocenters. The highest BCUT2D eigenvalue weighted by atomic mass is 32.1. The number of aryl methyl sites for hydroxylation is 1. The zero-order valence-electron chi connectivity index (χ0n) is 23.0. The first kappa shape index (κ1) is 28.0. The lowest BCUT2D eigenvalue weighted by atomic mass is 9.94. The summed E-state index contributed by atoms with van der Waals surface area (Å²) in [5, 5.41) is 8.92. The Hall–Kier alpha value is -4.05. The highest BCUT2D eigenvalue weighted by Crippen LogP contribution is 2.37. The Morgan fingerprint density at radius 2 is 1.85 bits per heavy atom. The summed E-state index contributed by atoms with van der Waals surface area (Å²) in [4.78, 5) is 57.1. The Morgan fingerprint density at radius 3 is 2.49 bits per heavy atom. The summed E-state index contributed by atoms with van der Waals surface area (Å²) in [5.41, 5.74) is 3.75. The van der Waals surface area contributed by atoms with Crippen LogP contribution in [-0.4, -0.2) is 52.6 Å². The van der Waals surface area contributed by atoms with Crippen LogP contribution in [0.15, 0.2) is 42.6 Å². The lowest BCUT2D eigenvalue weighted by Gasteiger charge is -2.32. The van der Waals surface area contributed by atoms with Gasteiger partial charge in [0.15, 0.2) is 5.78 Å². The number of hydrogen-bond acceptors (Lipinski definition) is 6. The molecule has 2 aromatic heterocycles. The van der Waals surface area contributed by atoms with E-state index in [9.17, 15) is 19.2 Å². The van der Waals surface area contributed by atoms with E-state index >= 15 is 0 Å². The van der Waals surface area contributed by atoms with Crippen LogP contribution in [0.2, 0.25) is 0 Å². The third-order valence-corrected chi connectivity index (χ3v) is 8.10. The minimum absolute atomic E-state index is 0.107. The van der Waals surface area contributed by atoms with Gasteiger partial charge >= 0.3 is 6.03 Å². The number of amides is 4. The number of hydrogen-bond donors (Lipinski definition) is 3. The highest BCUT2D eigenvalue weighted by molar-refractivity contribution is 7.16. The fraction of sp³-hybridized carbons (Fsp3) is 0.345. The molecular formula is C29H33N5O4S. The van der Waals surface area contributed by atoms with E-state index in [4.69, 9.17) is 0 Å². The molecule has 0 radical (unpaired) electrons. The van der Waals surface area contributed by atoms with Crippen molar-refractivity contribution in [1.82, 2.24) is 15.2 Å². The van der Waals surface area contributed by atoms with Crippen LogP contribution in [0.4, 0.5) is 15.5 Å². The van der Waals surface area contributed by atoms with Crippen LogP contribution in [0.5, 0.6) is 0 Å². The fourth-order valence-corrected chi connectivity index (χ4v) is 5.37. The lowest BCUT2D eigenvalue weighted by Crippen LogP contribution is -2.55. The quantitative estimate of drug-likeness (QED) is 0.378. The van der Waals surface area contributed by atoms with Crippen LogP contribution in [-0.2, 0) is 10.2 Å². The summed E-state index contributed by atoms with van der Waals surface area (Å²) in [6, 6.07) is 9.76. The van der Waals surface area contributed by atoms with E-state index in [2.05, 4.69) is 20.9 Å². The van der Waals surface area contributed by atoms with Gasteiger partial charge in [-0.25, -0.2) is 4.79 Å². The number of nitrogens with one attached hydrogen (secondary N) is 3. The Bertz CT molecular complexity index is 1440. The largest absolute Gasteiger partial charge is 0.353 e. The van der Waals surface area contributed by atoms with E-state index in [0.717, 1.165) is 21.6 Å². The number of nitrogens with zero attached hydrogens (tertiary/aromatic N) is 2. The molecule has 1 unspecified atom stereocenters. The van der Waals surface area contributed by atoms with Crippen LogP contribution < -0.4 is 16.0 Å². The molecule has 204 valence electrons. The summed E-state index contributed by atoms with van der Waals surface area (Å²) in [5.74, 6) is -0.600. The molecule has 0 saturated carbocycles. The van der Waals surface area contributed by atoms with Gasteiger partial charge in [0.05, 0.1) is 5.56 Å². The van der Waals surface area contributed by atoms with Gasteiger partial charge < -0.3 is 15.5 Å². The lowest BCUT2D eigenvalue weighted by molar-refractivity contribution is -0.127. The molecule has 9 nitrogen and oxygen atoms in total. The van der Waals surface area contributed by atoms with Crippen molar-refractivity contribution in [3.63, 3.8) is 0 Å². The van der Waals surface area contributed by atoms with Crippen molar-refractivity contribution in [3.8, 4) is 11.1 Å². The van der Waals surface area contributed by atoms with Gasteiger partial charge in [-0.05, 0) is 54.7 Å². The molecule has 3 aromatic rings. The molecule has 4 rings (SSSR count). The number of rotatable bonds is 5. The number of urea groups is 1. The minimum Gasteiger partial charge on any atom is -0.353 e. The van der Waals surface area contributed by atoms with Gasteiger partial charge in [0.2, 0.25) is 5.91 Å². The van der Waals surface area contributed by atoms with E-state index < -0.39 is 12.1 Å².